The van der Waals surface area contributed by atoms with E-state index < -0.39 is 0 Å². The molecule has 0 radical (unpaired) electrons. The number of aromatic nitrogens is 2. The van der Waals surface area contributed by atoms with Crippen LogP contribution in [-0.4, -0.2) is 9.55 Å². The van der Waals surface area contributed by atoms with Gasteiger partial charge in [0, 0.05) is 22.8 Å². The van der Waals surface area contributed by atoms with E-state index in [9.17, 15) is 0 Å². The first-order valence-electron chi connectivity index (χ1n) is 7.08. The highest BCUT2D eigenvalue weighted by Gasteiger charge is 2.15. The fourth-order valence-electron chi connectivity index (χ4n) is 2.81. The van der Waals surface area contributed by atoms with Crippen LogP contribution in [0.5, 0.6) is 0 Å². The lowest BCUT2D eigenvalue weighted by molar-refractivity contribution is 0.841. The van der Waals surface area contributed by atoms with Gasteiger partial charge >= 0.3 is 0 Å². The minimum Gasteiger partial charge on any atom is -0.331 e. The monoisotopic (exact) mass is 274 g/mol. The van der Waals surface area contributed by atoms with Crippen molar-refractivity contribution >= 4 is 10.9 Å². The van der Waals surface area contributed by atoms with E-state index in [1.165, 1.54) is 22.2 Å². The molecule has 1 aromatic carbocycles. The van der Waals surface area contributed by atoms with Gasteiger partial charge in [-0.3, -0.25) is 4.98 Å². The molecule has 2 nitrogen and oxygen atoms in total. The summed E-state index contributed by atoms with van der Waals surface area (Å²) in [5.41, 5.74) is 6.99. The summed E-state index contributed by atoms with van der Waals surface area (Å²) in [6, 6.07) is 10.5. The van der Waals surface area contributed by atoms with E-state index >= 15 is 0 Å². The van der Waals surface area contributed by atoms with Crippen molar-refractivity contribution in [3.63, 3.8) is 0 Å². The number of fused-ring (bicyclic) bond motifs is 1. The SMILES string of the molecule is C#CCn1c(C)c(C)c2ccnc(-c3ccc(C)cc3)c21. The zero-order chi connectivity index (χ0) is 15.0. The topological polar surface area (TPSA) is 17.8 Å². The van der Waals surface area contributed by atoms with Crippen molar-refractivity contribution in [1.29, 1.82) is 0 Å². The Bertz CT molecular complexity index is 846. The van der Waals surface area contributed by atoms with Crippen molar-refractivity contribution in [2.75, 3.05) is 0 Å². The average Bonchev–Trinajstić information content (AvgIpc) is 2.74. The van der Waals surface area contributed by atoms with E-state index in [-0.39, 0.29) is 0 Å². The van der Waals surface area contributed by atoms with E-state index in [4.69, 9.17) is 6.42 Å². The first-order chi connectivity index (χ1) is 10.1. The van der Waals surface area contributed by atoms with Crippen LogP contribution < -0.4 is 0 Å². The third kappa shape index (κ3) is 2.11. The molecule has 0 saturated heterocycles. The summed E-state index contributed by atoms with van der Waals surface area (Å²) < 4.78 is 2.19. The van der Waals surface area contributed by atoms with E-state index in [2.05, 4.69) is 66.6 Å². The van der Waals surface area contributed by atoms with E-state index in [1.807, 2.05) is 6.20 Å². The molecule has 0 unspecified atom stereocenters. The molecule has 0 amide bonds. The lowest BCUT2D eigenvalue weighted by Gasteiger charge is -2.08. The fraction of sp³-hybridized carbons (Fsp3) is 0.211. The second kappa shape index (κ2) is 5.10. The summed E-state index contributed by atoms with van der Waals surface area (Å²) >= 11 is 0. The summed E-state index contributed by atoms with van der Waals surface area (Å²) in [4.78, 5) is 4.61. The van der Waals surface area contributed by atoms with Gasteiger partial charge in [-0.15, -0.1) is 6.42 Å². The van der Waals surface area contributed by atoms with Crippen LogP contribution in [0.4, 0.5) is 0 Å². The maximum Gasteiger partial charge on any atom is 0.0945 e. The highest BCUT2D eigenvalue weighted by atomic mass is 15.0. The first-order valence-corrected chi connectivity index (χ1v) is 7.08. The van der Waals surface area contributed by atoms with Gasteiger partial charge in [-0.25, -0.2) is 0 Å². The van der Waals surface area contributed by atoms with Gasteiger partial charge < -0.3 is 4.57 Å². The molecule has 0 spiro atoms. The van der Waals surface area contributed by atoms with Crippen molar-refractivity contribution in [2.45, 2.75) is 27.3 Å². The molecule has 0 aliphatic rings. The second-order valence-corrected chi connectivity index (χ2v) is 5.42. The second-order valence-electron chi connectivity index (χ2n) is 5.42. The highest BCUT2D eigenvalue weighted by molar-refractivity contribution is 5.95. The van der Waals surface area contributed by atoms with E-state index in [0.717, 1.165) is 16.8 Å². The van der Waals surface area contributed by atoms with Gasteiger partial charge in [-0.05, 0) is 32.4 Å². The Kier molecular flexibility index (Phi) is 3.27. The number of aryl methyl sites for hydroxylation is 2. The maximum atomic E-state index is 5.55. The zero-order valence-electron chi connectivity index (χ0n) is 12.6. The number of hydrogen-bond donors (Lipinski definition) is 0. The van der Waals surface area contributed by atoms with Crippen LogP contribution in [0.1, 0.15) is 16.8 Å². The lowest BCUT2D eigenvalue weighted by Crippen LogP contribution is -2.00. The van der Waals surface area contributed by atoms with Gasteiger partial charge in [0.1, 0.15) is 0 Å². The molecule has 2 heteroatoms. The molecule has 0 saturated carbocycles. The van der Waals surface area contributed by atoms with Crippen LogP contribution in [0.3, 0.4) is 0 Å². The van der Waals surface area contributed by atoms with Crippen molar-refractivity contribution < 1.29 is 0 Å². The molecule has 3 rings (SSSR count). The maximum absolute atomic E-state index is 5.55. The Hall–Kier alpha value is -2.53. The Morgan fingerprint density at radius 3 is 2.48 bits per heavy atom. The predicted octanol–water partition coefficient (Wildman–Crippen LogP) is 4.26. The smallest absolute Gasteiger partial charge is 0.0945 e. The Morgan fingerprint density at radius 2 is 1.81 bits per heavy atom. The molecule has 2 aromatic heterocycles. The zero-order valence-corrected chi connectivity index (χ0v) is 12.6. The van der Waals surface area contributed by atoms with Crippen molar-refractivity contribution in [2.24, 2.45) is 0 Å². The average molecular weight is 274 g/mol. The highest BCUT2D eigenvalue weighted by Crippen LogP contribution is 2.32. The number of rotatable bonds is 2. The number of benzene rings is 1. The molecule has 0 atom stereocenters. The van der Waals surface area contributed by atoms with Gasteiger partial charge in [-0.2, -0.15) is 0 Å². The number of terminal acetylenes is 1. The van der Waals surface area contributed by atoms with Gasteiger partial charge in [0.25, 0.3) is 0 Å². The summed E-state index contributed by atoms with van der Waals surface area (Å²) in [6.45, 7) is 6.92. The van der Waals surface area contributed by atoms with Crippen molar-refractivity contribution in [3.8, 4) is 23.6 Å². The first kappa shape index (κ1) is 13.5. The van der Waals surface area contributed by atoms with Crippen molar-refractivity contribution in [3.05, 3.63) is 53.3 Å². The molecule has 0 aliphatic carbocycles. The molecule has 0 aliphatic heterocycles. The third-order valence-electron chi connectivity index (χ3n) is 4.12. The van der Waals surface area contributed by atoms with E-state index in [0.29, 0.717) is 6.54 Å². The van der Waals surface area contributed by atoms with Gasteiger partial charge in [0.2, 0.25) is 0 Å². The Labute approximate surface area is 125 Å². The molecule has 0 bridgehead atoms. The Balaban J connectivity index is 2.36. The third-order valence-corrected chi connectivity index (χ3v) is 4.12. The van der Waals surface area contributed by atoms with E-state index in [1.54, 1.807) is 0 Å². The number of hydrogen-bond acceptors (Lipinski definition) is 1. The van der Waals surface area contributed by atoms with Crippen molar-refractivity contribution in [1.82, 2.24) is 9.55 Å². The minimum atomic E-state index is 0.570. The standard InChI is InChI=1S/C19H18N2/c1-5-12-21-15(4)14(3)17-10-11-20-18(19(17)21)16-8-6-13(2)7-9-16/h1,6-11H,12H2,2-4H3. The normalized spacial score (nSPS) is 10.8. The minimum absolute atomic E-state index is 0.570. The molecule has 3 aromatic rings. The molecule has 2 heterocycles. The number of nitrogens with zero attached hydrogens (tertiary/aromatic N) is 2. The predicted molar refractivity (Wildman–Crippen MR) is 88.2 cm³/mol. The molecule has 0 fully saturated rings. The molecule has 104 valence electrons. The summed E-state index contributed by atoms with van der Waals surface area (Å²) in [6.07, 6.45) is 7.43. The van der Waals surface area contributed by atoms with Crippen LogP contribution in [0.25, 0.3) is 22.2 Å². The summed E-state index contributed by atoms with van der Waals surface area (Å²) in [7, 11) is 0. The molecule has 0 N–H and O–H groups in total. The summed E-state index contributed by atoms with van der Waals surface area (Å²) in [5, 5.41) is 1.23. The van der Waals surface area contributed by atoms with Crippen LogP contribution in [0.15, 0.2) is 36.5 Å². The van der Waals surface area contributed by atoms with Gasteiger partial charge in [0.15, 0.2) is 0 Å². The number of pyridine rings is 1. The van der Waals surface area contributed by atoms with Gasteiger partial charge in [0.05, 0.1) is 17.8 Å². The largest absolute Gasteiger partial charge is 0.331 e. The summed E-state index contributed by atoms with van der Waals surface area (Å²) in [5.74, 6) is 2.75. The lowest BCUT2D eigenvalue weighted by atomic mass is 10.1. The molecular weight excluding hydrogens is 256 g/mol. The fourth-order valence-corrected chi connectivity index (χ4v) is 2.81. The Morgan fingerprint density at radius 1 is 1.10 bits per heavy atom. The molecule has 21 heavy (non-hydrogen) atoms. The van der Waals surface area contributed by atoms with Gasteiger partial charge in [-0.1, -0.05) is 35.7 Å². The van der Waals surface area contributed by atoms with Crippen LogP contribution in [-0.2, 0) is 6.54 Å². The van der Waals surface area contributed by atoms with Crippen LogP contribution >= 0.6 is 0 Å². The molecular formula is C19H18N2. The quantitative estimate of drug-likeness (QED) is 0.638. The van der Waals surface area contributed by atoms with Crippen LogP contribution in [0, 0.1) is 33.1 Å². The van der Waals surface area contributed by atoms with Crippen LogP contribution in [0.2, 0.25) is 0 Å².